The Labute approximate surface area is 185 Å². The van der Waals surface area contributed by atoms with E-state index in [-0.39, 0.29) is 5.52 Å². The van der Waals surface area contributed by atoms with Crippen LogP contribution in [-0.4, -0.2) is 30.1 Å². The van der Waals surface area contributed by atoms with Gasteiger partial charge in [-0.25, -0.2) is 9.37 Å². The van der Waals surface area contributed by atoms with Crippen LogP contribution in [0.5, 0.6) is 0 Å². The van der Waals surface area contributed by atoms with Crippen LogP contribution in [-0.2, 0) is 0 Å². The Kier molecular flexibility index (Phi) is 4.05. The van der Waals surface area contributed by atoms with Crippen molar-refractivity contribution in [3.8, 4) is 33.2 Å². The predicted molar refractivity (Wildman–Crippen MR) is 125 cm³/mol. The first-order valence-electron chi connectivity index (χ1n) is 9.87. The number of fused-ring (bicyclic) bond motifs is 2. The summed E-state index contributed by atoms with van der Waals surface area (Å²) in [4.78, 5) is 19.0. The van der Waals surface area contributed by atoms with E-state index in [0.29, 0.717) is 28.2 Å². The number of nitrogens with two attached hydrogens (primary N) is 1. The lowest BCUT2D eigenvalue weighted by atomic mass is 10.0. The molecule has 0 amide bonds. The molecule has 0 aliphatic carbocycles. The van der Waals surface area contributed by atoms with Gasteiger partial charge in [-0.1, -0.05) is 0 Å². The van der Waals surface area contributed by atoms with Crippen LogP contribution in [0.4, 0.5) is 10.1 Å². The van der Waals surface area contributed by atoms with Gasteiger partial charge in [0, 0.05) is 34.4 Å². The Morgan fingerprint density at radius 3 is 2.75 bits per heavy atom. The number of nitrogen functional groups attached to an aromatic ring is 1. The van der Waals surface area contributed by atoms with Gasteiger partial charge in [0.05, 0.1) is 16.1 Å². The lowest BCUT2D eigenvalue weighted by molar-refractivity contribution is 0.636. The Morgan fingerprint density at radius 2 is 1.94 bits per heavy atom. The van der Waals surface area contributed by atoms with Gasteiger partial charge >= 0.3 is 0 Å². The molecule has 5 aromatic heterocycles. The van der Waals surface area contributed by atoms with E-state index in [1.165, 1.54) is 10.9 Å². The number of H-pyrrole nitrogens is 2. The number of pyridine rings is 2. The third-order valence-electron chi connectivity index (χ3n) is 5.32. The molecule has 0 aliphatic rings. The second-order valence-corrected chi connectivity index (χ2v) is 8.80. The van der Waals surface area contributed by atoms with E-state index >= 15 is 0 Å². The van der Waals surface area contributed by atoms with Crippen molar-refractivity contribution in [2.45, 2.75) is 6.92 Å². The van der Waals surface area contributed by atoms with E-state index in [9.17, 15) is 4.39 Å². The van der Waals surface area contributed by atoms with E-state index in [4.69, 9.17) is 10.7 Å². The fourth-order valence-electron chi connectivity index (χ4n) is 3.83. The summed E-state index contributed by atoms with van der Waals surface area (Å²) in [5.74, 6) is 0.127. The van der Waals surface area contributed by atoms with E-state index in [1.807, 2.05) is 18.2 Å². The molecule has 0 radical (unpaired) electrons. The molecule has 7 nitrogen and oxygen atoms in total. The van der Waals surface area contributed by atoms with Gasteiger partial charge in [0.2, 0.25) is 0 Å². The molecule has 32 heavy (non-hydrogen) atoms. The largest absolute Gasteiger partial charge is 0.397 e. The number of aryl methyl sites for hydroxylation is 1. The minimum Gasteiger partial charge on any atom is -0.397 e. The fourth-order valence-corrected chi connectivity index (χ4v) is 4.70. The van der Waals surface area contributed by atoms with Crippen LogP contribution in [0.25, 0.3) is 55.2 Å². The van der Waals surface area contributed by atoms with Gasteiger partial charge in [-0.2, -0.15) is 5.10 Å². The van der Waals surface area contributed by atoms with Gasteiger partial charge in [-0.05, 0) is 48.9 Å². The van der Waals surface area contributed by atoms with Crippen LogP contribution in [0, 0.1) is 12.7 Å². The molecule has 0 saturated carbocycles. The van der Waals surface area contributed by atoms with Crippen LogP contribution in [0.15, 0.2) is 55.0 Å². The summed E-state index contributed by atoms with van der Waals surface area (Å²) in [6, 6.07) is 11.0. The summed E-state index contributed by atoms with van der Waals surface area (Å²) < 4.78 is 14.9. The van der Waals surface area contributed by atoms with Gasteiger partial charge in [-0.3, -0.25) is 15.1 Å². The summed E-state index contributed by atoms with van der Waals surface area (Å²) in [7, 11) is 0. The van der Waals surface area contributed by atoms with E-state index in [2.05, 4.69) is 38.1 Å². The predicted octanol–water partition coefficient (Wildman–Crippen LogP) is 5.32. The van der Waals surface area contributed by atoms with Crippen LogP contribution in [0.1, 0.15) is 4.88 Å². The summed E-state index contributed by atoms with van der Waals surface area (Å²) >= 11 is 1.67. The summed E-state index contributed by atoms with van der Waals surface area (Å²) in [6.45, 7) is 2.06. The number of nitrogens with one attached hydrogen (secondary N) is 2. The van der Waals surface area contributed by atoms with Gasteiger partial charge in [0.25, 0.3) is 0 Å². The molecule has 0 atom stereocenters. The molecule has 0 saturated heterocycles. The number of anilines is 1. The maximum atomic E-state index is 14.9. The van der Waals surface area contributed by atoms with Gasteiger partial charge < -0.3 is 10.7 Å². The molecule has 156 valence electrons. The second kappa shape index (κ2) is 6.96. The number of imidazole rings is 1. The highest BCUT2D eigenvalue weighted by Gasteiger charge is 2.18. The molecule has 6 rings (SSSR count). The van der Waals surface area contributed by atoms with Crippen molar-refractivity contribution >= 4 is 39.0 Å². The average Bonchev–Trinajstić information content (AvgIpc) is 3.50. The molecule has 0 aliphatic heterocycles. The smallest absolute Gasteiger partial charge is 0.157 e. The average molecular weight is 441 g/mol. The van der Waals surface area contributed by atoms with Gasteiger partial charge in [-0.15, -0.1) is 11.3 Å². The van der Waals surface area contributed by atoms with E-state index in [0.717, 1.165) is 27.2 Å². The van der Waals surface area contributed by atoms with Crippen molar-refractivity contribution < 1.29 is 4.39 Å². The van der Waals surface area contributed by atoms with Crippen LogP contribution >= 0.6 is 11.3 Å². The number of aromatic nitrogens is 6. The lowest BCUT2D eigenvalue weighted by Gasteiger charge is -2.04. The minimum absolute atomic E-state index is 0.244. The molecule has 1 aromatic carbocycles. The number of nitrogens with zero attached hydrogens (tertiary/aromatic N) is 4. The molecule has 5 heterocycles. The maximum Gasteiger partial charge on any atom is 0.157 e. The Morgan fingerprint density at radius 1 is 1.03 bits per heavy atom. The van der Waals surface area contributed by atoms with Crippen molar-refractivity contribution in [1.82, 2.24) is 30.1 Å². The van der Waals surface area contributed by atoms with Crippen LogP contribution < -0.4 is 5.73 Å². The number of hydrogen-bond acceptors (Lipinski definition) is 6. The topological polar surface area (TPSA) is 109 Å². The molecular formula is C23H16FN7S. The number of hydrogen-bond donors (Lipinski definition) is 3. The van der Waals surface area contributed by atoms with Crippen molar-refractivity contribution in [3.63, 3.8) is 0 Å². The molecule has 0 fully saturated rings. The van der Waals surface area contributed by atoms with Crippen molar-refractivity contribution in [2.75, 3.05) is 5.73 Å². The molecule has 9 heteroatoms. The Balaban J connectivity index is 1.54. The quantitative estimate of drug-likeness (QED) is 0.344. The SMILES string of the molecule is Cc1ccc(-c2nccc3[nH]c(-c4[nH]nc5c(F)cc(-c6cncc(N)c6)cc45)nc23)s1. The zero-order chi connectivity index (χ0) is 21.8. The molecule has 6 aromatic rings. The van der Waals surface area contributed by atoms with Crippen molar-refractivity contribution in [2.24, 2.45) is 0 Å². The number of rotatable bonds is 3. The standard InChI is InChI=1S/C23H16FN7S/c1-11-2-3-18(32-11)22-21-17(4-5-27-22)28-23(29-21)20-15-7-12(8-16(24)19(15)30-31-20)13-6-14(25)10-26-9-13/h2-10H,25H2,1H3,(H,28,29)(H,30,31). The zero-order valence-electron chi connectivity index (χ0n) is 16.8. The lowest BCUT2D eigenvalue weighted by Crippen LogP contribution is -1.89. The van der Waals surface area contributed by atoms with Crippen molar-refractivity contribution in [3.05, 3.63) is 65.7 Å². The minimum atomic E-state index is -0.435. The highest BCUT2D eigenvalue weighted by atomic mass is 32.1. The molecule has 4 N–H and O–H groups in total. The van der Waals surface area contributed by atoms with Crippen LogP contribution in [0.2, 0.25) is 0 Å². The third-order valence-corrected chi connectivity index (χ3v) is 6.32. The Hall–Kier alpha value is -4.11. The number of thiophene rings is 1. The summed E-state index contributed by atoms with van der Waals surface area (Å²) in [5.41, 5.74) is 11.0. The molecule has 0 spiro atoms. The fraction of sp³-hybridized carbons (Fsp3) is 0.0435. The molecule has 0 unspecified atom stereocenters. The van der Waals surface area contributed by atoms with Gasteiger partial charge in [0.1, 0.15) is 22.4 Å². The summed E-state index contributed by atoms with van der Waals surface area (Å²) in [5, 5.41) is 7.74. The number of aromatic amines is 2. The summed E-state index contributed by atoms with van der Waals surface area (Å²) in [6.07, 6.45) is 4.96. The molecule has 0 bridgehead atoms. The zero-order valence-corrected chi connectivity index (χ0v) is 17.7. The normalized spacial score (nSPS) is 11.6. The highest BCUT2D eigenvalue weighted by Crippen LogP contribution is 2.35. The number of halogens is 1. The first-order chi connectivity index (χ1) is 15.6. The van der Waals surface area contributed by atoms with Crippen LogP contribution in [0.3, 0.4) is 0 Å². The molecular weight excluding hydrogens is 425 g/mol. The second-order valence-electron chi connectivity index (χ2n) is 7.51. The highest BCUT2D eigenvalue weighted by molar-refractivity contribution is 7.15. The maximum absolute atomic E-state index is 14.9. The third kappa shape index (κ3) is 2.94. The monoisotopic (exact) mass is 441 g/mol. The first kappa shape index (κ1) is 18.6. The first-order valence-corrected chi connectivity index (χ1v) is 10.7. The number of benzene rings is 1. The van der Waals surface area contributed by atoms with E-state index < -0.39 is 5.82 Å². The van der Waals surface area contributed by atoms with Crippen molar-refractivity contribution in [1.29, 1.82) is 0 Å². The van der Waals surface area contributed by atoms with E-state index in [1.54, 1.807) is 36.0 Å². The van der Waals surface area contributed by atoms with Gasteiger partial charge in [0.15, 0.2) is 11.6 Å². The Bertz CT molecular complexity index is 1630.